The number of aliphatic hydroxyl groups excluding tert-OH is 1. The fourth-order valence-corrected chi connectivity index (χ4v) is 4.16. The third kappa shape index (κ3) is 3.42. The molecule has 7 nitrogen and oxygen atoms in total. The van der Waals surface area contributed by atoms with Crippen LogP contribution in [-0.4, -0.2) is 53.0 Å². The zero-order valence-corrected chi connectivity index (χ0v) is 14.6. The van der Waals surface area contributed by atoms with Crippen molar-refractivity contribution < 1.29 is 19.5 Å². The first-order valence-corrected chi connectivity index (χ1v) is 9.07. The number of primary amides is 1. The van der Waals surface area contributed by atoms with Gasteiger partial charge in [0.2, 0.25) is 17.7 Å². The third-order valence-corrected chi connectivity index (χ3v) is 5.85. The molecule has 3 amide bonds. The van der Waals surface area contributed by atoms with Crippen molar-refractivity contribution in [3.8, 4) is 0 Å². The molecule has 5 unspecified atom stereocenters. The summed E-state index contributed by atoms with van der Waals surface area (Å²) in [7, 11) is 1.74. The van der Waals surface area contributed by atoms with E-state index in [1.54, 1.807) is 11.9 Å². The van der Waals surface area contributed by atoms with Gasteiger partial charge in [0, 0.05) is 19.5 Å². The van der Waals surface area contributed by atoms with Gasteiger partial charge in [0.1, 0.15) is 5.54 Å². The number of fused-ring (bicyclic) bond motifs is 2. The Hall–Kier alpha value is -1.89. The van der Waals surface area contributed by atoms with Crippen LogP contribution in [0.25, 0.3) is 0 Å². The fourth-order valence-electron chi connectivity index (χ4n) is 4.16. The van der Waals surface area contributed by atoms with Crippen molar-refractivity contribution in [3.05, 3.63) is 12.2 Å². The van der Waals surface area contributed by atoms with E-state index in [4.69, 9.17) is 5.73 Å². The molecule has 0 bridgehead atoms. The second-order valence-corrected chi connectivity index (χ2v) is 7.66. The number of nitrogens with zero attached hydrogens (tertiary/aromatic N) is 1. The lowest BCUT2D eigenvalue weighted by Gasteiger charge is -2.26. The highest BCUT2D eigenvalue weighted by Crippen LogP contribution is 2.45. The van der Waals surface area contributed by atoms with Crippen LogP contribution in [0.4, 0.5) is 0 Å². The molecule has 3 rings (SSSR count). The molecule has 0 aromatic rings. The Bertz CT molecular complexity index is 605. The zero-order valence-electron chi connectivity index (χ0n) is 14.6. The number of nitrogens with one attached hydrogen (secondary N) is 1. The van der Waals surface area contributed by atoms with E-state index in [-0.39, 0.29) is 30.6 Å². The lowest BCUT2D eigenvalue weighted by molar-refractivity contribution is -0.140. The number of nitrogens with two attached hydrogens (primary N) is 1. The van der Waals surface area contributed by atoms with Crippen LogP contribution >= 0.6 is 0 Å². The number of carbonyl (C=O) groups is 3. The molecule has 7 heteroatoms. The van der Waals surface area contributed by atoms with E-state index in [2.05, 4.69) is 5.32 Å². The number of hydrogen-bond acceptors (Lipinski definition) is 4. The maximum atomic E-state index is 12.8. The summed E-state index contributed by atoms with van der Waals surface area (Å²) in [6.45, 7) is 0.641. The van der Waals surface area contributed by atoms with Crippen LogP contribution in [0, 0.1) is 17.8 Å². The minimum absolute atomic E-state index is 0.0833. The van der Waals surface area contributed by atoms with Crippen LogP contribution in [0.5, 0.6) is 0 Å². The molecule has 0 spiro atoms. The molecule has 1 aliphatic heterocycles. The van der Waals surface area contributed by atoms with Crippen molar-refractivity contribution in [2.24, 2.45) is 23.5 Å². The molecule has 2 aliphatic carbocycles. The Labute approximate surface area is 147 Å². The highest BCUT2D eigenvalue weighted by molar-refractivity contribution is 5.96. The summed E-state index contributed by atoms with van der Waals surface area (Å²) in [6.07, 6.45) is 7.04. The summed E-state index contributed by atoms with van der Waals surface area (Å²) in [5, 5.41) is 12.8. The summed E-state index contributed by atoms with van der Waals surface area (Å²) in [5.74, 6) is -2.24. The highest BCUT2D eigenvalue weighted by atomic mass is 16.3. The SMILES string of the molecule is CN1CCCCC=CC2CC2(C(N)=O)NC(=O)C2CC(O)CC2C1=O. The summed E-state index contributed by atoms with van der Waals surface area (Å²) in [6, 6.07) is 0. The second kappa shape index (κ2) is 6.78. The Balaban J connectivity index is 1.85. The molecular weight excluding hydrogens is 322 g/mol. The van der Waals surface area contributed by atoms with Gasteiger partial charge >= 0.3 is 0 Å². The van der Waals surface area contributed by atoms with Crippen LogP contribution in [0.3, 0.4) is 0 Å². The van der Waals surface area contributed by atoms with Crippen molar-refractivity contribution in [1.82, 2.24) is 10.2 Å². The van der Waals surface area contributed by atoms with E-state index < -0.39 is 29.4 Å². The molecular formula is C18H27N3O4. The first-order valence-electron chi connectivity index (χ1n) is 9.07. The minimum Gasteiger partial charge on any atom is -0.393 e. The van der Waals surface area contributed by atoms with Gasteiger partial charge in [0.15, 0.2) is 0 Å². The normalized spacial score (nSPS) is 39.2. The van der Waals surface area contributed by atoms with Gasteiger partial charge in [-0.1, -0.05) is 12.2 Å². The van der Waals surface area contributed by atoms with Crippen LogP contribution in [0.2, 0.25) is 0 Å². The van der Waals surface area contributed by atoms with Gasteiger partial charge in [0.25, 0.3) is 0 Å². The Morgan fingerprint density at radius 1 is 1.32 bits per heavy atom. The molecule has 3 aliphatic rings. The zero-order chi connectivity index (χ0) is 18.2. The minimum atomic E-state index is -1.04. The van der Waals surface area contributed by atoms with Crippen molar-refractivity contribution in [3.63, 3.8) is 0 Å². The van der Waals surface area contributed by atoms with Crippen LogP contribution < -0.4 is 11.1 Å². The maximum absolute atomic E-state index is 12.8. The third-order valence-electron chi connectivity index (χ3n) is 5.85. The molecule has 0 saturated heterocycles. The molecule has 5 atom stereocenters. The van der Waals surface area contributed by atoms with E-state index >= 15 is 0 Å². The number of rotatable bonds is 1. The molecule has 2 fully saturated rings. The van der Waals surface area contributed by atoms with E-state index in [9.17, 15) is 19.5 Å². The fraction of sp³-hybridized carbons (Fsp3) is 0.722. The highest BCUT2D eigenvalue weighted by Gasteiger charge is 2.60. The van der Waals surface area contributed by atoms with Gasteiger partial charge in [-0.05, 0) is 38.5 Å². The standard InChI is InChI=1S/C18H27N3O4/c1-21-7-5-3-2-4-6-11-10-18(11,17(19)25)20-15(23)13-8-12(22)9-14(13)16(21)24/h4,6,11-14,22H,2-3,5,7-10H2,1H3,(H2,19,25)(H,20,23). The average Bonchev–Trinajstić information content (AvgIpc) is 3.11. The van der Waals surface area contributed by atoms with Crippen LogP contribution in [0.1, 0.15) is 38.5 Å². The van der Waals surface area contributed by atoms with Crippen molar-refractivity contribution >= 4 is 17.7 Å². The smallest absolute Gasteiger partial charge is 0.243 e. The van der Waals surface area contributed by atoms with Crippen LogP contribution in [0.15, 0.2) is 12.2 Å². The van der Waals surface area contributed by atoms with Gasteiger partial charge in [-0.3, -0.25) is 14.4 Å². The molecule has 25 heavy (non-hydrogen) atoms. The molecule has 1 heterocycles. The predicted molar refractivity (Wildman–Crippen MR) is 91.0 cm³/mol. The number of amides is 3. The Morgan fingerprint density at radius 2 is 2.04 bits per heavy atom. The van der Waals surface area contributed by atoms with E-state index in [1.165, 1.54) is 0 Å². The van der Waals surface area contributed by atoms with E-state index in [0.717, 1.165) is 19.3 Å². The van der Waals surface area contributed by atoms with Gasteiger partial charge in [-0.15, -0.1) is 0 Å². The topological polar surface area (TPSA) is 113 Å². The van der Waals surface area contributed by atoms with Crippen molar-refractivity contribution in [1.29, 1.82) is 0 Å². The lowest BCUT2D eigenvalue weighted by atomic mass is 9.93. The summed E-state index contributed by atoms with van der Waals surface area (Å²) in [4.78, 5) is 39.1. The molecule has 0 radical (unpaired) electrons. The van der Waals surface area contributed by atoms with Crippen molar-refractivity contribution in [2.75, 3.05) is 13.6 Å². The quantitative estimate of drug-likeness (QED) is 0.575. The van der Waals surface area contributed by atoms with Crippen LogP contribution in [-0.2, 0) is 14.4 Å². The number of allylic oxidation sites excluding steroid dienone is 1. The maximum Gasteiger partial charge on any atom is 0.243 e. The first kappa shape index (κ1) is 17.9. The summed E-state index contributed by atoms with van der Waals surface area (Å²) in [5.41, 5.74) is 4.51. The average molecular weight is 349 g/mol. The van der Waals surface area contributed by atoms with Gasteiger partial charge in [-0.2, -0.15) is 0 Å². The number of carbonyl (C=O) groups excluding carboxylic acids is 3. The molecule has 0 aromatic carbocycles. The molecule has 138 valence electrons. The second-order valence-electron chi connectivity index (χ2n) is 7.66. The summed E-state index contributed by atoms with van der Waals surface area (Å²) < 4.78 is 0. The monoisotopic (exact) mass is 349 g/mol. The van der Waals surface area contributed by atoms with Gasteiger partial charge < -0.3 is 21.1 Å². The first-order chi connectivity index (χ1) is 11.8. The Kier molecular flexibility index (Phi) is 4.86. The lowest BCUT2D eigenvalue weighted by Crippen LogP contribution is -2.51. The van der Waals surface area contributed by atoms with Crippen molar-refractivity contribution in [2.45, 2.75) is 50.2 Å². The molecule has 0 aromatic heterocycles. The predicted octanol–water partition coefficient (Wildman–Crippen LogP) is -0.0678. The van der Waals surface area contributed by atoms with Gasteiger partial charge in [0.05, 0.1) is 17.9 Å². The summed E-state index contributed by atoms with van der Waals surface area (Å²) >= 11 is 0. The molecule has 2 saturated carbocycles. The largest absolute Gasteiger partial charge is 0.393 e. The number of hydrogen-bond donors (Lipinski definition) is 3. The van der Waals surface area contributed by atoms with Gasteiger partial charge in [-0.25, -0.2) is 0 Å². The molecule has 4 N–H and O–H groups in total. The number of aliphatic hydroxyl groups is 1. The van der Waals surface area contributed by atoms with E-state index in [1.807, 2.05) is 12.2 Å². The Morgan fingerprint density at radius 3 is 2.76 bits per heavy atom. The van der Waals surface area contributed by atoms with E-state index in [0.29, 0.717) is 13.0 Å².